The minimum Gasteiger partial charge on any atom is -0.309 e. The largest absolute Gasteiger partial charge is 0.309 e. The molecule has 2 nitrogen and oxygen atoms in total. The van der Waals surface area contributed by atoms with Crippen LogP contribution in [0.2, 0.25) is 0 Å². The van der Waals surface area contributed by atoms with Crippen molar-refractivity contribution in [3.63, 3.8) is 0 Å². The fraction of sp³-hybridized carbons (Fsp3) is 0.178. The van der Waals surface area contributed by atoms with E-state index in [0.717, 1.165) is 39.1 Å². The van der Waals surface area contributed by atoms with Crippen LogP contribution in [0.4, 0.5) is 0 Å². The predicted molar refractivity (Wildman–Crippen MR) is 195 cm³/mol. The van der Waals surface area contributed by atoms with E-state index < -0.39 is 0 Å². The monoisotopic (exact) mass is 607 g/mol. The SMILES string of the molecule is Cc1cccc2c3cc4c(c(C)c3n(-c3ccc(-c5ccc6c(c5)C(=O)c5ccccc5C6(C)C)cc3)c12)-c1ccccc1C4(C)C. The number of fused-ring (bicyclic) bond motifs is 8. The van der Waals surface area contributed by atoms with Gasteiger partial charge in [-0.3, -0.25) is 4.79 Å². The summed E-state index contributed by atoms with van der Waals surface area (Å²) in [4.78, 5) is 13.7. The lowest BCUT2D eigenvalue weighted by atomic mass is 9.68. The Kier molecular flexibility index (Phi) is 5.62. The third kappa shape index (κ3) is 3.64. The smallest absolute Gasteiger partial charge is 0.193 e. The van der Waals surface area contributed by atoms with Crippen LogP contribution in [0.1, 0.15) is 77.0 Å². The van der Waals surface area contributed by atoms with Crippen molar-refractivity contribution in [3.05, 3.63) is 160 Å². The molecule has 0 saturated carbocycles. The van der Waals surface area contributed by atoms with E-state index in [1.54, 1.807) is 0 Å². The van der Waals surface area contributed by atoms with Gasteiger partial charge in [-0.2, -0.15) is 0 Å². The second-order valence-electron chi connectivity index (χ2n) is 14.6. The summed E-state index contributed by atoms with van der Waals surface area (Å²) >= 11 is 0. The molecular formula is C45H37NO. The quantitative estimate of drug-likeness (QED) is 0.192. The van der Waals surface area contributed by atoms with Gasteiger partial charge in [0, 0.05) is 38.4 Å². The molecule has 1 aromatic heterocycles. The van der Waals surface area contributed by atoms with Crippen molar-refractivity contribution in [2.75, 3.05) is 0 Å². The molecule has 0 radical (unpaired) electrons. The van der Waals surface area contributed by atoms with E-state index in [9.17, 15) is 4.79 Å². The zero-order valence-corrected chi connectivity index (χ0v) is 27.8. The number of ketones is 1. The summed E-state index contributed by atoms with van der Waals surface area (Å²) in [6.07, 6.45) is 0. The van der Waals surface area contributed by atoms with Crippen molar-refractivity contribution < 1.29 is 4.79 Å². The Bertz CT molecular complexity index is 2490. The Labute approximate surface area is 276 Å². The molecule has 2 aliphatic rings. The normalized spacial score (nSPS) is 15.4. The minimum atomic E-state index is -0.232. The van der Waals surface area contributed by atoms with Gasteiger partial charge < -0.3 is 4.57 Å². The van der Waals surface area contributed by atoms with Crippen molar-refractivity contribution in [2.24, 2.45) is 0 Å². The number of nitrogens with zero attached hydrogens (tertiary/aromatic N) is 1. The first-order chi connectivity index (χ1) is 22.6. The van der Waals surface area contributed by atoms with Gasteiger partial charge in [0.05, 0.1) is 11.0 Å². The van der Waals surface area contributed by atoms with E-state index in [4.69, 9.17) is 0 Å². The lowest BCUT2D eigenvalue weighted by Gasteiger charge is -2.34. The summed E-state index contributed by atoms with van der Waals surface area (Å²) in [5.41, 5.74) is 17.5. The second-order valence-corrected chi connectivity index (χ2v) is 14.6. The zero-order chi connectivity index (χ0) is 32.4. The number of aromatic nitrogens is 1. The zero-order valence-electron chi connectivity index (χ0n) is 27.8. The summed E-state index contributed by atoms with van der Waals surface area (Å²) in [5, 5.41) is 2.60. The van der Waals surface area contributed by atoms with E-state index in [1.807, 2.05) is 18.2 Å². The number of hydrogen-bond acceptors (Lipinski definition) is 1. The van der Waals surface area contributed by atoms with Gasteiger partial charge in [-0.25, -0.2) is 0 Å². The average molecular weight is 608 g/mol. The van der Waals surface area contributed by atoms with Gasteiger partial charge in [0.1, 0.15) is 0 Å². The Balaban J connectivity index is 1.22. The van der Waals surface area contributed by atoms with E-state index in [1.165, 1.54) is 55.2 Å². The van der Waals surface area contributed by atoms with Crippen LogP contribution in [-0.2, 0) is 10.8 Å². The van der Waals surface area contributed by atoms with Gasteiger partial charge in [-0.1, -0.05) is 119 Å². The molecule has 2 aliphatic carbocycles. The van der Waals surface area contributed by atoms with Crippen LogP contribution in [0.5, 0.6) is 0 Å². The van der Waals surface area contributed by atoms with Crippen LogP contribution in [0, 0.1) is 13.8 Å². The lowest BCUT2D eigenvalue weighted by molar-refractivity contribution is 0.103. The molecule has 0 saturated heterocycles. The standard InChI is InChI=1S/C45H37NO/c1-26-12-11-15-31-34-25-39-40(32-13-7-9-16-36(32)45(39,5)6)27(2)42(34)46(41(26)31)30-21-18-28(19-22-30)29-20-23-38-35(24-29)43(47)33-14-8-10-17-37(33)44(38,3)4/h7-25H,1-6H3. The molecule has 0 fully saturated rings. The van der Waals surface area contributed by atoms with Gasteiger partial charge in [0.2, 0.25) is 0 Å². The van der Waals surface area contributed by atoms with Crippen LogP contribution in [0.25, 0.3) is 49.7 Å². The number of benzene rings is 6. The molecule has 0 bridgehead atoms. The summed E-state index contributed by atoms with van der Waals surface area (Å²) in [6.45, 7) is 13.7. The van der Waals surface area contributed by atoms with Gasteiger partial charge in [-0.05, 0) is 93.7 Å². The summed E-state index contributed by atoms with van der Waals surface area (Å²) in [6, 6.07) is 41.5. The predicted octanol–water partition coefficient (Wildman–Crippen LogP) is 11.2. The molecule has 0 atom stereocenters. The third-order valence-electron chi connectivity index (χ3n) is 11.3. The maximum atomic E-state index is 13.7. The minimum absolute atomic E-state index is 0.0572. The van der Waals surface area contributed by atoms with Gasteiger partial charge >= 0.3 is 0 Å². The van der Waals surface area contributed by atoms with E-state index in [0.29, 0.717) is 0 Å². The highest BCUT2D eigenvalue weighted by Crippen LogP contribution is 2.53. The Morgan fingerprint density at radius 2 is 1.13 bits per heavy atom. The van der Waals surface area contributed by atoms with Crippen LogP contribution in [0.3, 0.4) is 0 Å². The molecule has 0 unspecified atom stereocenters. The fourth-order valence-electron chi connectivity index (χ4n) is 8.85. The molecule has 2 heteroatoms. The van der Waals surface area contributed by atoms with Crippen molar-refractivity contribution in [1.82, 2.24) is 4.57 Å². The third-order valence-corrected chi connectivity index (χ3v) is 11.3. The lowest BCUT2D eigenvalue weighted by Crippen LogP contribution is -2.30. The fourth-order valence-corrected chi connectivity index (χ4v) is 8.85. The maximum absolute atomic E-state index is 13.7. The number of rotatable bonds is 2. The topological polar surface area (TPSA) is 22.0 Å². The van der Waals surface area contributed by atoms with Crippen molar-refractivity contribution in [3.8, 4) is 27.9 Å². The molecular weight excluding hydrogens is 571 g/mol. The van der Waals surface area contributed by atoms with E-state index >= 15 is 0 Å². The second kappa shape index (κ2) is 9.42. The molecule has 0 N–H and O–H groups in total. The molecule has 0 aliphatic heterocycles. The molecule has 0 spiro atoms. The van der Waals surface area contributed by atoms with Crippen LogP contribution in [0.15, 0.2) is 115 Å². The molecule has 47 heavy (non-hydrogen) atoms. The van der Waals surface area contributed by atoms with Gasteiger partial charge in [0.25, 0.3) is 0 Å². The first kappa shape index (κ1) is 28.0. The molecule has 0 amide bonds. The number of aryl methyl sites for hydroxylation is 2. The first-order valence-corrected chi connectivity index (χ1v) is 16.7. The van der Waals surface area contributed by atoms with Crippen molar-refractivity contribution in [1.29, 1.82) is 0 Å². The summed E-state index contributed by atoms with van der Waals surface area (Å²) < 4.78 is 2.48. The van der Waals surface area contributed by atoms with Crippen molar-refractivity contribution in [2.45, 2.75) is 52.4 Å². The number of hydrogen-bond donors (Lipinski definition) is 0. The number of carbonyl (C=O) groups excluding carboxylic acids is 1. The van der Waals surface area contributed by atoms with Crippen molar-refractivity contribution >= 4 is 27.6 Å². The molecule has 1 heterocycles. The molecule has 9 rings (SSSR count). The maximum Gasteiger partial charge on any atom is 0.193 e. The van der Waals surface area contributed by atoms with E-state index in [2.05, 4.69) is 143 Å². The molecule has 6 aromatic carbocycles. The van der Waals surface area contributed by atoms with Crippen LogP contribution in [-0.4, -0.2) is 10.4 Å². The highest BCUT2D eigenvalue weighted by atomic mass is 16.1. The Hall–Kier alpha value is -5.21. The van der Waals surface area contributed by atoms with Gasteiger partial charge in [-0.15, -0.1) is 0 Å². The van der Waals surface area contributed by atoms with Crippen LogP contribution >= 0.6 is 0 Å². The van der Waals surface area contributed by atoms with Gasteiger partial charge in [0.15, 0.2) is 5.78 Å². The molecule has 7 aromatic rings. The highest BCUT2D eigenvalue weighted by molar-refractivity contribution is 6.15. The number of carbonyl (C=O) groups is 1. The number of para-hydroxylation sites is 1. The van der Waals surface area contributed by atoms with E-state index in [-0.39, 0.29) is 16.6 Å². The van der Waals surface area contributed by atoms with Crippen LogP contribution < -0.4 is 0 Å². The highest BCUT2D eigenvalue weighted by Gasteiger charge is 2.38. The summed E-state index contributed by atoms with van der Waals surface area (Å²) in [7, 11) is 0. The molecule has 228 valence electrons. The first-order valence-electron chi connectivity index (χ1n) is 16.7. The average Bonchev–Trinajstić information content (AvgIpc) is 3.54. The summed E-state index contributed by atoms with van der Waals surface area (Å²) in [5.74, 6) is 0.113. The Morgan fingerprint density at radius 3 is 1.87 bits per heavy atom. The Morgan fingerprint density at radius 1 is 0.511 bits per heavy atom.